The molecule has 0 aliphatic heterocycles. The number of carbonyl (C=O) groups excluding carboxylic acids is 1. The monoisotopic (exact) mass is 418 g/mol. The molecule has 146 valence electrons. The highest BCUT2D eigenvalue weighted by atomic mass is 32.2. The lowest BCUT2D eigenvalue weighted by atomic mass is 10.2. The lowest BCUT2D eigenvalue weighted by Gasteiger charge is -2.12. The van der Waals surface area contributed by atoms with E-state index in [-0.39, 0.29) is 16.1 Å². The number of para-hydroxylation sites is 1. The lowest BCUT2D eigenvalue weighted by molar-refractivity contribution is 0.102. The van der Waals surface area contributed by atoms with Crippen LogP contribution in [0.1, 0.15) is 22.3 Å². The van der Waals surface area contributed by atoms with Gasteiger partial charge in [-0.1, -0.05) is 30.4 Å². The summed E-state index contributed by atoms with van der Waals surface area (Å²) < 4.78 is 32.8. The van der Waals surface area contributed by atoms with E-state index in [2.05, 4.69) is 20.2 Å². The molecule has 1 aromatic heterocycles. The molecule has 10 heteroatoms. The number of nitrogens with zero attached hydrogens (tertiary/aromatic N) is 2. The van der Waals surface area contributed by atoms with Gasteiger partial charge in [0, 0.05) is 0 Å². The van der Waals surface area contributed by atoms with Gasteiger partial charge in [0.2, 0.25) is 5.13 Å². The first-order valence-electron chi connectivity index (χ1n) is 8.32. The molecule has 0 radical (unpaired) electrons. The van der Waals surface area contributed by atoms with Crippen LogP contribution in [0.15, 0.2) is 53.4 Å². The van der Waals surface area contributed by atoms with Gasteiger partial charge in [-0.2, -0.15) is 0 Å². The molecule has 8 nitrogen and oxygen atoms in total. The number of aryl methyl sites for hydroxylation is 1. The third-order valence-electron chi connectivity index (χ3n) is 3.78. The number of hydrogen-bond acceptors (Lipinski definition) is 7. The van der Waals surface area contributed by atoms with Crippen molar-refractivity contribution in [3.05, 3.63) is 59.1 Å². The molecule has 3 aromatic rings. The molecule has 0 atom stereocenters. The van der Waals surface area contributed by atoms with Crippen molar-refractivity contribution in [2.75, 3.05) is 17.1 Å². The maximum absolute atomic E-state index is 12.7. The number of nitrogens with one attached hydrogen (secondary N) is 2. The van der Waals surface area contributed by atoms with Gasteiger partial charge < -0.3 is 4.74 Å². The van der Waals surface area contributed by atoms with E-state index in [0.717, 1.165) is 5.01 Å². The highest BCUT2D eigenvalue weighted by molar-refractivity contribution is 7.92. The molecule has 0 saturated carbocycles. The number of anilines is 2. The van der Waals surface area contributed by atoms with Gasteiger partial charge in [-0.15, -0.1) is 10.2 Å². The quantitative estimate of drug-likeness (QED) is 0.610. The largest absolute Gasteiger partial charge is 0.497 e. The van der Waals surface area contributed by atoms with Crippen LogP contribution in [-0.4, -0.2) is 31.6 Å². The molecular weight excluding hydrogens is 400 g/mol. The van der Waals surface area contributed by atoms with Crippen LogP contribution in [0.2, 0.25) is 0 Å². The molecule has 0 unspecified atom stereocenters. The van der Waals surface area contributed by atoms with Gasteiger partial charge >= 0.3 is 0 Å². The van der Waals surface area contributed by atoms with E-state index >= 15 is 0 Å². The topological polar surface area (TPSA) is 110 Å². The molecule has 0 spiro atoms. The average Bonchev–Trinajstić information content (AvgIpc) is 3.15. The zero-order valence-electron chi connectivity index (χ0n) is 15.2. The van der Waals surface area contributed by atoms with Crippen molar-refractivity contribution < 1.29 is 17.9 Å². The Kier molecular flexibility index (Phi) is 5.90. The first-order chi connectivity index (χ1) is 13.4. The maximum atomic E-state index is 12.7. The van der Waals surface area contributed by atoms with Crippen LogP contribution in [0.5, 0.6) is 5.75 Å². The van der Waals surface area contributed by atoms with E-state index in [0.29, 0.717) is 17.3 Å². The minimum atomic E-state index is -3.88. The number of benzene rings is 2. The van der Waals surface area contributed by atoms with Crippen molar-refractivity contribution in [2.24, 2.45) is 0 Å². The molecule has 2 aromatic carbocycles. The second-order valence-corrected chi connectivity index (χ2v) is 8.38. The highest BCUT2D eigenvalue weighted by Gasteiger charge is 2.19. The Morgan fingerprint density at radius 3 is 2.46 bits per heavy atom. The summed E-state index contributed by atoms with van der Waals surface area (Å²) in [5, 5.41) is 11.7. The number of sulfonamides is 1. The van der Waals surface area contributed by atoms with Crippen molar-refractivity contribution in [2.45, 2.75) is 18.2 Å². The molecule has 1 heterocycles. The molecule has 0 aliphatic rings. The summed E-state index contributed by atoms with van der Waals surface area (Å²) >= 11 is 1.27. The van der Waals surface area contributed by atoms with Crippen LogP contribution in [0.25, 0.3) is 0 Å². The predicted octanol–water partition coefficient (Wildman–Crippen LogP) is 3.16. The third kappa shape index (κ3) is 4.46. The van der Waals surface area contributed by atoms with Crippen molar-refractivity contribution in [1.82, 2.24) is 10.2 Å². The van der Waals surface area contributed by atoms with Gasteiger partial charge in [-0.25, -0.2) is 8.42 Å². The standard InChI is InChI=1S/C18H18N4O4S2/c1-3-16-20-21-18(27-16)19-17(23)14-6-4-5-7-15(14)22-28(24,25)13-10-8-12(26-2)9-11-13/h4-11,22H,3H2,1-2H3,(H,19,21,23). The second-order valence-electron chi connectivity index (χ2n) is 5.64. The number of hydrogen-bond donors (Lipinski definition) is 2. The van der Waals surface area contributed by atoms with E-state index in [9.17, 15) is 13.2 Å². The van der Waals surface area contributed by atoms with E-state index in [1.54, 1.807) is 24.3 Å². The second kappa shape index (κ2) is 8.36. The Bertz CT molecular complexity index is 1080. The summed E-state index contributed by atoms with van der Waals surface area (Å²) in [6.45, 7) is 1.94. The number of rotatable bonds is 7. The summed E-state index contributed by atoms with van der Waals surface area (Å²) in [4.78, 5) is 12.7. The number of ether oxygens (including phenoxy) is 1. The van der Waals surface area contributed by atoms with Gasteiger partial charge in [-0.3, -0.25) is 14.8 Å². The Hall–Kier alpha value is -2.98. The minimum Gasteiger partial charge on any atom is -0.497 e. The van der Waals surface area contributed by atoms with Crippen LogP contribution in [0, 0.1) is 0 Å². The average molecular weight is 419 g/mol. The van der Waals surface area contributed by atoms with Crippen molar-refractivity contribution in [1.29, 1.82) is 0 Å². The summed E-state index contributed by atoms with van der Waals surface area (Å²) in [6.07, 6.45) is 0.714. The van der Waals surface area contributed by atoms with Crippen molar-refractivity contribution in [3.63, 3.8) is 0 Å². The Balaban J connectivity index is 1.83. The van der Waals surface area contributed by atoms with Gasteiger partial charge in [0.25, 0.3) is 15.9 Å². The number of carbonyl (C=O) groups is 1. The number of aromatic nitrogens is 2. The fourth-order valence-electron chi connectivity index (χ4n) is 2.34. The fourth-order valence-corrected chi connectivity index (χ4v) is 4.09. The fraction of sp³-hybridized carbons (Fsp3) is 0.167. The smallest absolute Gasteiger partial charge is 0.261 e. The molecule has 0 saturated heterocycles. The first-order valence-corrected chi connectivity index (χ1v) is 10.6. The Labute approximate surface area is 166 Å². The molecule has 3 rings (SSSR count). The maximum Gasteiger partial charge on any atom is 0.261 e. The van der Waals surface area contributed by atoms with Gasteiger partial charge in [0.15, 0.2) is 0 Å². The summed E-state index contributed by atoms with van der Waals surface area (Å²) in [7, 11) is -2.38. The van der Waals surface area contributed by atoms with Crippen molar-refractivity contribution in [3.8, 4) is 5.75 Å². The minimum absolute atomic E-state index is 0.0558. The zero-order valence-corrected chi connectivity index (χ0v) is 16.8. The van der Waals surface area contributed by atoms with Gasteiger partial charge in [0.05, 0.1) is 23.3 Å². The molecule has 0 bridgehead atoms. The normalized spacial score (nSPS) is 11.1. The van der Waals surface area contributed by atoms with Gasteiger partial charge in [-0.05, 0) is 42.8 Å². The van der Waals surface area contributed by atoms with E-state index in [4.69, 9.17) is 4.74 Å². The molecule has 28 heavy (non-hydrogen) atoms. The predicted molar refractivity (Wildman–Crippen MR) is 107 cm³/mol. The van der Waals surface area contributed by atoms with Gasteiger partial charge in [0.1, 0.15) is 10.8 Å². The Morgan fingerprint density at radius 2 is 1.82 bits per heavy atom. The van der Waals surface area contributed by atoms with E-state index < -0.39 is 15.9 Å². The van der Waals surface area contributed by atoms with E-state index in [1.165, 1.54) is 42.7 Å². The SMILES string of the molecule is CCc1nnc(NC(=O)c2ccccc2NS(=O)(=O)c2ccc(OC)cc2)s1. The zero-order chi connectivity index (χ0) is 20.1. The molecule has 2 N–H and O–H groups in total. The van der Waals surface area contributed by atoms with Crippen LogP contribution in [0.4, 0.5) is 10.8 Å². The van der Waals surface area contributed by atoms with Crippen LogP contribution < -0.4 is 14.8 Å². The Morgan fingerprint density at radius 1 is 1.11 bits per heavy atom. The first kappa shape index (κ1) is 19.8. The molecular formula is C18H18N4O4S2. The highest BCUT2D eigenvalue weighted by Crippen LogP contribution is 2.23. The number of amides is 1. The van der Waals surface area contributed by atoms with Crippen LogP contribution in [0.3, 0.4) is 0 Å². The molecule has 0 fully saturated rings. The summed E-state index contributed by atoms with van der Waals surface area (Å²) in [5.74, 6) is 0.0640. The van der Waals surface area contributed by atoms with E-state index in [1.807, 2.05) is 6.92 Å². The number of methoxy groups -OCH3 is 1. The van der Waals surface area contributed by atoms with Crippen molar-refractivity contribution >= 4 is 38.1 Å². The summed E-state index contributed by atoms with van der Waals surface area (Å²) in [5.41, 5.74) is 0.337. The molecule has 1 amide bonds. The van der Waals surface area contributed by atoms with Crippen LogP contribution >= 0.6 is 11.3 Å². The third-order valence-corrected chi connectivity index (χ3v) is 6.14. The molecule has 0 aliphatic carbocycles. The van der Waals surface area contributed by atoms with Crippen LogP contribution in [-0.2, 0) is 16.4 Å². The summed E-state index contributed by atoms with van der Waals surface area (Å²) in [6, 6.07) is 12.3. The lowest BCUT2D eigenvalue weighted by Crippen LogP contribution is -2.18.